The summed E-state index contributed by atoms with van der Waals surface area (Å²) in [6.45, 7) is 8.15. The first-order chi connectivity index (χ1) is 23.9. The summed E-state index contributed by atoms with van der Waals surface area (Å²) < 4.78 is 9.97. The number of benzene rings is 4. The molecule has 0 saturated carbocycles. The van der Waals surface area contributed by atoms with E-state index in [2.05, 4.69) is 49.4 Å². The normalized spacial score (nSPS) is 10.4. The van der Waals surface area contributed by atoms with Gasteiger partial charge in [-0.15, -0.1) is 20.4 Å². The van der Waals surface area contributed by atoms with Crippen LogP contribution >= 0.6 is 0 Å². The van der Waals surface area contributed by atoms with Crippen LogP contribution in [0.3, 0.4) is 0 Å². The lowest BCUT2D eigenvalue weighted by Gasteiger charge is -2.09. The molecule has 0 amide bonds. The molecule has 0 radical (unpaired) electrons. The number of rotatable bonds is 9. The SMILES string of the molecule is CCOC(=O)c1nnc(-c2ccc(CC)cc2)c(-c2ccccc2)n1.CCOC(=O)c1nnc(-c2ccccc2)c(-c2ccc(C)cc2)n1. The smallest absolute Gasteiger partial charge is 0.378 e. The van der Waals surface area contributed by atoms with Crippen molar-refractivity contribution < 1.29 is 19.1 Å². The zero-order chi connectivity index (χ0) is 34.6. The van der Waals surface area contributed by atoms with E-state index in [9.17, 15) is 9.59 Å². The summed E-state index contributed by atoms with van der Waals surface area (Å²) in [6, 6.07) is 35.3. The van der Waals surface area contributed by atoms with E-state index in [-0.39, 0.29) is 24.9 Å². The van der Waals surface area contributed by atoms with E-state index >= 15 is 0 Å². The van der Waals surface area contributed by atoms with Gasteiger partial charge in [0.2, 0.25) is 0 Å². The Balaban J connectivity index is 0.000000191. The van der Waals surface area contributed by atoms with Gasteiger partial charge in [0.25, 0.3) is 11.6 Å². The molecule has 10 heteroatoms. The third kappa shape index (κ3) is 8.61. The summed E-state index contributed by atoms with van der Waals surface area (Å²) in [5.41, 5.74) is 8.44. The van der Waals surface area contributed by atoms with Gasteiger partial charge in [-0.25, -0.2) is 19.6 Å². The fourth-order valence-corrected chi connectivity index (χ4v) is 4.81. The Morgan fingerprint density at radius 2 is 0.878 bits per heavy atom. The van der Waals surface area contributed by atoms with Crippen LogP contribution in [0.4, 0.5) is 0 Å². The van der Waals surface area contributed by atoms with Gasteiger partial charge in [0.05, 0.1) is 13.2 Å². The van der Waals surface area contributed by atoms with Crippen molar-refractivity contribution >= 4 is 11.9 Å². The fraction of sp³-hybridized carbons (Fsp3) is 0.179. The number of hydrogen-bond donors (Lipinski definition) is 0. The average molecular weight is 653 g/mol. The molecule has 0 saturated heterocycles. The minimum absolute atomic E-state index is 0.0327. The standard InChI is InChI=1S/C20H19N3O2.C19H17N3O2/c1-3-14-10-12-16(13-11-14)18-17(15-8-6-5-7-9-15)21-19(23-22-18)20(24)25-4-2;1-3-24-19(23)18-20-16(15-11-9-13(2)10-12-15)17(21-22-18)14-7-5-4-6-8-14/h5-13H,3-4H2,1-2H3;4-12H,3H2,1-2H3. The zero-order valence-electron chi connectivity index (χ0n) is 27.8. The average Bonchev–Trinajstić information content (AvgIpc) is 3.16. The topological polar surface area (TPSA) is 130 Å². The van der Waals surface area contributed by atoms with Gasteiger partial charge in [-0.1, -0.05) is 122 Å². The highest BCUT2D eigenvalue weighted by Crippen LogP contribution is 2.30. The van der Waals surface area contributed by atoms with Crippen LogP contribution in [-0.2, 0) is 15.9 Å². The van der Waals surface area contributed by atoms with Gasteiger partial charge in [0, 0.05) is 22.3 Å². The van der Waals surface area contributed by atoms with Crippen molar-refractivity contribution in [2.24, 2.45) is 0 Å². The maximum Gasteiger partial charge on any atom is 0.378 e. The summed E-state index contributed by atoms with van der Waals surface area (Å²) in [4.78, 5) is 32.8. The lowest BCUT2D eigenvalue weighted by Crippen LogP contribution is -2.12. The highest BCUT2D eigenvalue weighted by Gasteiger charge is 2.19. The van der Waals surface area contributed by atoms with E-state index < -0.39 is 11.9 Å². The maximum absolute atomic E-state index is 12.0. The molecular formula is C39H36N6O4. The van der Waals surface area contributed by atoms with Crippen LogP contribution < -0.4 is 0 Å². The van der Waals surface area contributed by atoms with Crippen molar-refractivity contribution in [2.75, 3.05) is 13.2 Å². The molecular weight excluding hydrogens is 616 g/mol. The second-order valence-electron chi connectivity index (χ2n) is 10.8. The fourth-order valence-electron chi connectivity index (χ4n) is 4.81. The second kappa shape index (κ2) is 16.6. The van der Waals surface area contributed by atoms with E-state index in [1.165, 1.54) is 5.56 Å². The third-order valence-corrected chi connectivity index (χ3v) is 7.34. The molecule has 6 aromatic rings. The molecule has 0 bridgehead atoms. The number of carbonyl (C=O) groups is 2. The summed E-state index contributed by atoms with van der Waals surface area (Å²) in [5.74, 6) is -1.21. The molecule has 4 aromatic carbocycles. The van der Waals surface area contributed by atoms with Crippen LogP contribution in [0.25, 0.3) is 45.0 Å². The minimum Gasteiger partial charge on any atom is -0.460 e. The number of esters is 2. The first kappa shape index (κ1) is 34.2. The molecule has 0 aliphatic carbocycles. The summed E-state index contributed by atoms with van der Waals surface area (Å²) >= 11 is 0. The van der Waals surface area contributed by atoms with Crippen LogP contribution in [-0.4, -0.2) is 55.5 Å². The van der Waals surface area contributed by atoms with E-state index in [1.54, 1.807) is 13.8 Å². The molecule has 2 heterocycles. The van der Waals surface area contributed by atoms with Gasteiger partial charge >= 0.3 is 11.9 Å². The molecule has 0 atom stereocenters. The van der Waals surface area contributed by atoms with Crippen molar-refractivity contribution in [2.45, 2.75) is 34.1 Å². The molecule has 6 rings (SSSR count). The molecule has 49 heavy (non-hydrogen) atoms. The molecule has 0 aliphatic heterocycles. The van der Waals surface area contributed by atoms with Crippen LogP contribution in [0.15, 0.2) is 109 Å². The Kier molecular flexibility index (Phi) is 11.6. The Hall–Kier alpha value is -6.16. The van der Waals surface area contributed by atoms with Crippen LogP contribution in [0.2, 0.25) is 0 Å². The summed E-state index contributed by atoms with van der Waals surface area (Å²) in [6.07, 6.45) is 0.970. The molecule has 10 nitrogen and oxygen atoms in total. The number of nitrogens with zero attached hydrogens (tertiary/aromatic N) is 6. The molecule has 0 spiro atoms. The van der Waals surface area contributed by atoms with Crippen LogP contribution in [0, 0.1) is 6.92 Å². The monoisotopic (exact) mass is 652 g/mol. The second-order valence-corrected chi connectivity index (χ2v) is 10.8. The predicted molar refractivity (Wildman–Crippen MR) is 187 cm³/mol. The predicted octanol–water partition coefficient (Wildman–Crippen LogP) is 7.64. The first-order valence-corrected chi connectivity index (χ1v) is 16.0. The van der Waals surface area contributed by atoms with Crippen molar-refractivity contribution in [1.82, 2.24) is 30.4 Å². The lowest BCUT2D eigenvalue weighted by molar-refractivity contribution is 0.0501. The zero-order valence-corrected chi connectivity index (χ0v) is 27.8. The molecule has 0 N–H and O–H groups in total. The Morgan fingerprint density at radius 1 is 0.490 bits per heavy atom. The first-order valence-electron chi connectivity index (χ1n) is 16.0. The summed E-state index contributed by atoms with van der Waals surface area (Å²) in [5, 5.41) is 16.4. The lowest BCUT2D eigenvalue weighted by atomic mass is 10.0. The number of aryl methyl sites for hydroxylation is 2. The van der Waals surface area contributed by atoms with Gasteiger partial charge < -0.3 is 9.47 Å². The molecule has 0 fully saturated rings. The van der Waals surface area contributed by atoms with Crippen molar-refractivity contribution in [3.05, 3.63) is 132 Å². The number of ether oxygens (including phenoxy) is 2. The number of aromatic nitrogens is 6. The summed E-state index contributed by atoms with van der Waals surface area (Å²) in [7, 11) is 0. The van der Waals surface area contributed by atoms with Gasteiger partial charge in [-0.05, 0) is 32.8 Å². The van der Waals surface area contributed by atoms with Gasteiger partial charge in [0.15, 0.2) is 0 Å². The Morgan fingerprint density at radius 3 is 1.31 bits per heavy atom. The molecule has 0 aliphatic rings. The van der Waals surface area contributed by atoms with Gasteiger partial charge in [-0.2, -0.15) is 0 Å². The highest BCUT2D eigenvalue weighted by atomic mass is 16.5. The van der Waals surface area contributed by atoms with E-state index in [0.29, 0.717) is 22.8 Å². The molecule has 246 valence electrons. The quantitative estimate of drug-likeness (QED) is 0.144. The maximum atomic E-state index is 12.0. The van der Waals surface area contributed by atoms with Crippen LogP contribution in [0.1, 0.15) is 53.1 Å². The van der Waals surface area contributed by atoms with E-state index in [4.69, 9.17) is 9.47 Å². The Bertz CT molecular complexity index is 2000. The largest absolute Gasteiger partial charge is 0.460 e. The van der Waals surface area contributed by atoms with E-state index in [0.717, 1.165) is 34.2 Å². The highest BCUT2D eigenvalue weighted by molar-refractivity contribution is 5.88. The van der Waals surface area contributed by atoms with Gasteiger partial charge in [-0.3, -0.25) is 0 Å². The third-order valence-electron chi connectivity index (χ3n) is 7.34. The molecule has 2 aromatic heterocycles. The van der Waals surface area contributed by atoms with E-state index in [1.807, 2.05) is 104 Å². The van der Waals surface area contributed by atoms with Crippen molar-refractivity contribution in [3.8, 4) is 45.0 Å². The van der Waals surface area contributed by atoms with Crippen LogP contribution in [0.5, 0.6) is 0 Å². The minimum atomic E-state index is -0.571. The van der Waals surface area contributed by atoms with Crippen molar-refractivity contribution in [3.63, 3.8) is 0 Å². The Labute approximate surface area is 285 Å². The number of hydrogen-bond acceptors (Lipinski definition) is 10. The van der Waals surface area contributed by atoms with Gasteiger partial charge in [0.1, 0.15) is 22.8 Å². The molecule has 0 unspecified atom stereocenters. The van der Waals surface area contributed by atoms with Crippen molar-refractivity contribution in [1.29, 1.82) is 0 Å². The number of carbonyl (C=O) groups excluding carboxylic acids is 2.